The van der Waals surface area contributed by atoms with Crippen LogP contribution in [0.4, 0.5) is 11.4 Å². The minimum Gasteiger partial charge on any atom is -0.487 e. The average Bonchev–Trinajstić information content (AvgIpc) is 3.15. The van der Waals surface area contributed by atoms with Gasteiger partial charge in [0.25, 0.3) is 11.6 Å². The van der Waals surface area contributed by atoms with Gasteiger partial charge in [-0.25, -0.2) is 9.79 Å². The fraction of sp³-hybridized carbons (Fsp3) is 0.115. The summed E-state index contributed by atoms with van der Waals surface area (Å²) in [6, 6.07) is 16.5. The van der Waals surface area contributed by atoms with Gasteiger partial charge in [-0.05, 0) is 97.2 Å². The maximum absolute atomic E-state index is 12.9. The molecule has 194 valence electrons. The van der Waals surface area contributed by atoms with Gasteiger partial charge in [-0.15, -0.1) is 0 Å². The second-order valence-electron chi connectivity index (χ2n) is 7.94. The fourth-order valence-corrected chi connectivity index (χ4v) is 5.86. The van der Waals surface area contributed by atoms with Crippen LogP contribution in [0.1, 0.15) is 21.5 Å². The highest BCUT2D eigenvalue weighted by atomic mass is 79.9. The lowest BCUT2D eigenvalue weighted by Crippen LogP contribution is -2.23. The monoisotopic (exact) mass is 659 g/mol. The first-order valence-electron chi connectivity index (χ1n) is 11.0. The first-order chi connectivity index (χ1) is 18.2. The van der Waals surface area contributed by atoms with Crippen LogP contribution in [-0.4, -0.2) is 41.0 Å². The summed E-state index contributed by atoms with van der Waals surface area (Å²) < 4.78 is 11.9. The number of hydrogen-bond donors (Lipinski definition) is 0. The minimum absolute atomic E-state index is 0.00368. The molecule has 0 saturated carbocycles. The summed E-state index contributed by atoms with van der Waals surface area (Å²) in [5.41, 5.74) is 2.41. The number of halogens is 2. The molecule has 1 saturated heterocycles. The molecule has 0 N–H and O–H groups in total. The number of methoxy groups -OCH3 is 1. The predicted molar refractivity (Wildman–Crippen MR) is 152 cm³/mol. The van der Waals surface area contributed by atoms with Crippen molar-refractivity contribution in [1.29, 1.82) is 0 Å². The maximum atomic E-state index is 12.9. The quantitative estimate of drug-likeness (QED) is 0.120. The number of esters is 1. The number of benzene rings is 3. The van der Waals surface area contributed by atoms with E-state index in [1.165, 1.54) is 35.9 Å². The van der Waals surface area contributed by atoms with E-state index in [9.17, 15) is 19.7 Å². The van der Waals surface area contributed by atoms with E-state index in [0.717, 1.165) is 5.56 Å². The first kappa shape index (κ1) is 27.6. The third kappa shape index (κ3) is 6.32. The van der Waals surface area contributed by atoms with Gasteiger partial charge in [0.1, 0.15) is 12.4 Å². The van der Waals surface area contributed by atoms with Crippen LogP contribution < -0.4 is 4.74 Å². The Bertz CT molecular complexity index is 1470. The zero-order valence-corrected chi connectivity index (χ0v) is 24.0. The number of non-ortho nitro benzene ring substituents is 1. The Morgan fingerprint density at radius 1 is 1.13 bits per heavy atom. The van der Waals surface area contributed by atoms with Crippen molar-refractivity contribution >= 4 is 78.1 Å². The molecule has 0 aromatic heterocycles. The van der Waals surface area contributed by atoms with E-state index in [-0.39, 0.29) is 18.2 Å². The van der Waals surface area contributed by atoms with Crippen LogP contribution in [-0.2, 0) is 16.1 Å². The molecule has 1 aliphatic rings. The molecule has 0 radical (unpaired) electrons. The zero-order chi connectivity index (χ0) is 27.4. The summed E-state index contributed by atoms with van der Waals surface area (Å²) in [5, 5.41) is 11.5. The Balaban J connectivity index is 1.50. The molecule has 3 aromatic carbocycles. The zero-order valence-electron chi connectivity index (χ0n) is 20.0. The number of amides is 1. The van der Waals surface area contributed by atoms with Crippen molar-refractivity contribution in [2.45, 2.75) is 6.61 Å². The summed E-state index contributed by atoms with van der Waals surface area (Å²) >= 11 is 8.26. The van der Waals surface area contributed by atoms with E-state index in [1.54, 1.807) is 49.5 Å². The molecule has 1 fully saturated rings. The Labute approximate surface area is 238 Å². The molecule has 12 heteroatoms. The Hall–Kier alpha value is -3.48. The molecular formula is C26H19Br2N3O6S. The fourth-order valence-electron chi connectivity index (χ4n) is 3.42. The van der Waals surface area contributed by atoms with Gasteiger partial charge in [0.2, 0.25) is 0 Å². The van der Waals surface area contributed by atoms with Crippen molar-refractivity contribution in [3.8, 4) is 5.75 Å². The van der Waals surface area contributed by atoms with Crippen LogP contribution in [0.5, 0.6) is 5.75 Å². The standard InChI is InChI=1S/C26H19Br2N3O6S/c1-30-24(32)22(38-26(30)29-18-8-6-17(7-9-18)25(33)36-2)13-16-11-20(27)23(21(28)12-16)37-14-15-4-3-5-19(10-15)31(34)35/h3-13H,14H2,1-2H3/b22-13-,29-26?. The number of nitrogens with zero attached hydrogens (tertiary/aromatic N) is 3. The van der Waals surface area contributed by atoms with E-state index in [2.05, 4.69) is 36.9 Å². The van der Waals surface area contributed by atoms with Gasteiger partial charge in [0.15, 0.2) is 5.17 Å². The molecule has 38 heavy (non-hydrogen) atoms. The van der Waals surface area contributed by atoms with Crippen molar-refractivity contribution in [1.82, 2.24) is 4.90 Å². The van der Waals surface area contributed by atoms with Gasteiger partial charge < -0.3 is 9.47 Å². The highest BCUT2D eigenvalue weighted by Gasteiger charge is 2.30. The lowest BCUT2D eigenvalue weighted by molar-refractivity contribution is -0.384. The third-order valence-corrected chi connectivity index (χ3v) is 7.58. The molecular weight excluding hydrogens is 642 g/mol. The van der Waals surface area contributed by atoms with Crippen molar-refractivity contribution in [3.63, 3.8) is 0 Å². The van der Waals surface area contributed by atoms with Gasteiger partial charge in [-0.1, -0.05) is 12.1 Å². The summed E-state index contributed by atoms with van der Waals surface area (Å²) in [6.45, 7) is 0.138. The van der Waals surface area contributed by atoms with Crippen LogP contribution >= 0.6 is 43.6 Å². The number of likely N-dealkylation sites (N-methyl/N-ethyl adjacent to an activating group) is 1. The van der Waals surface area contributed by atoms with E-state index >= 15 is 0 Å². The van der Waals surface area contributed by atoms with Crippen LogP contribution in [0.3, 0.4) is 0 Å². The molecule has 0 atom stereocenters. The van der Waals surface area contributed by atoms with Crippen LogP contribution in [0, 0.1) is 10.1 Å². The Morgan fingerprint density at radius 3 is 2.45 bits per heavy atom. The van der Waals surface area contributed by atoms with Gasteiger partial charge in [0, 0.05) is 19.2 Å². The van der Waals surface area contributed by atoms with Crippen molar-refractivity contribution in [2.75, 3.05) is 14.2 Å². The molecule has 4 rings (SSSR count). The van der Waals surface area contributed by atoms with Gasteiger partial charge >= 0.3 is 5.97 Å². The number of carbonyl (C=O) groups is 2. The molecule has 3 aromatic rings. The molecule has 0 aliphatic carbocycles. The van der Waals surface area contributed by atoms with Crippen LogP contribution in [0.15, 0.2) is 79.5 Å². The molecule has 0 bridgehead atoms. The number of carbonyl (C=O) groups excluding carboxylic acids is 2. The summed E-state index contributed by atoms with van der Waals surface area (Å²) in [7, 11) is 2.96. The largest absolute Gasteiger partial charge is 0.487 e. The summed E-state index contributed by atoms with van der Waals surface area (Å²) in [4.78, 5) is 41.5. The van der Waals surface area contributed by atoms with Gasteiger partial charge in [-0.3, -0.25) is 19.8 Å². The Kier molecular flexibility index (Phi) is 8.65. The molecule has 0 spiro atoms. The van der Waals surface area contributed by atoms with Gasteiger partial charge in [0.05, 0.1) is 37.1 Å². The van der Waals surface area contributed by atoms with E-state index in [0.29, 0.717) is 41.6 Å². The molecule has 0 unspecified atom stereocenters. The molecule has 9 nitrogen and oxygen atoms in total. The second-order valence-corrected chi connectivity index (χ2v) is 10.7. The highest BCUT2D eigenvalue weighted by Crippen LogP contribution is 2.38. The number of rotatable bonds is 7. The van der Waals surface area contributed by atoms with E-state index in [1.807, 2.05) is 12.1 Å². The first-order valence-corrected chi connectivity index (χ1v) is 13.4. The number of aliphatic imine (C=N–C) groups is 1. The number of ether oxygens (including phenoxy) is 2. The number of hydrogen-bond acceptors (Lipinski definition) is 8. The maximum Gasteiger partial charge on any atom is 0.337 e. The minimum atomic E-state index is -0.450. The smallest absolute Gasteiger partial charge is 0.337 e. The molecule has 1 amide bonds. The highest BCUT2D eigenvalue weighted by molar-refractivity contribution is 9.11. The lowest BCUT2D eigenvalue weighted by atomic mass is 10.2. The van der Waals surface area contributed by atoms with Crippen LogP contribution in [0.25, 0.3) is 6.08 Å². The second kappa shape index (κ2) is 11.9. The number of thioether (sulfide) groups is 1. The number of nitro benzene ring substituents is 1. The van der Waals surface area contributed by atoms with E-state index < -0.39 is 10.9 Å². The average molecular weight is 661 g/mol. The van der Waals surface area contributed by atoms with Crippen molar-refractivity contribution in [3.05, 3.63) is 101 Å². The molecule has 1 aliphatic heterocycles. The number of amidine groups is 1. The van der Waals surface area contributed by atoms with E-state index in [4.69, 9.17) is 9.47 Å². The summed E-state index contributed by atoms with van der Waals surface area (Å²) in [5.74, 6) is -0.105. The number of nitro groups is 1. The SMILES string of the molecule is COC(=O)c1ccc(N=C2S/C(=C\c3cc(Br)c(OCc4cccc([N+](=O)[O-])c4)c(Br)c3)C(=O)N2C)cc1. The predicted octanol–water partition coefficient (Wildman–Crippen LogP) is 6.72. The topological polar surface area (TPSA) is 111 Å². The summed E-state index contributed by atoms with van der Waals surface area (Å²) in [6.07, 6.45) is 1.76. The van der Waals surface area contributed by atoms with Crippen LogP contribution in [0.2, 0.25) is 0 Å². The van der Waals surface area contributed by atoms with Crippen molar-refractivity contribution < 1.29 is 24.0 Å². The third-order valence-electron chi connectivity index (χ3n) is 5.34. The normalized spacial score (nSPS) is 15.3. The van der Waals surface area contributed by atoms with Crippen molar-refractivity contribution in [2.24, 2.45) is 4.99 Å². The lowest BCUT2D eigenvalue weighted by Gasteiger charge is -2.11. The van der Waals surface area contributed by atoms with Gasteiger partial charge in [-0.2, -0.15) is 0 Å². The molecule has 1 heterocycles. The Morgan fingerprint density at radius 2 is 1.82 bits per heavy atom.